The Kier molecular flexibility index (Phi) is 4.42. The zero-order chi connectivity index (χ0) is 18.8. The molecule has 0 saturated carbocycles. The molecule has 134 valence electrons. The molecule has 0 unspecified atom stereocenters. The topological polar surface area (TPSA) is 62.2 Å². The largest absolute Gasteiger partial charge is 0.508 e. The predicted molar refractivity (Wildman–Crippen MR) is 107 cm³/mol. The summed E-state index contributed by atoms with van der Waals surface area (Å²) in [5, 5.41) is 18.3. The minimum absolute atomic E-state index is 0.205. The summed E-state index contributed by atoms with van der Waals surface area (Å²) >= 11 is 0. The summed E-state index contributed by atoms with van der Waals surface area (Å²) in [4.78, 5) is 4.83. The van der Waals surface area contributed by atoms with E-state index in [1.54, 1.807) is 24.3 Å². The van der Waals surface area contributed by atoms with Gasteiger partial charge in [0.25, 0.3) is 0 Å². The number of azo groups is 1. The van der Waals surface area contributed by atoms with Gasteiger partial charge in [0.2, 0.25) is 0 Å². The van der Waals surface area contributed by atoms with Gasteiger partial charge in [-0.05, 0) is 54.8 Å². The monoisotopic (exact) mass is 356 g/mol. The third-order valence-corrected chi connectivity index (χ3v) is 4.57. The van der Waals surface area contributed by atoms with Gasteiger partial charge in [-0.3, -0.25) is 4.40 Å². The molecule has 0 aliphatic carbocycles. The Hall–Kier alpha value is -3.47. The van der Waals surface area contributed by atoms with E-state index in [-0.39, 0.29) is 5.75 Å². The lowest BCUT2D eigenvalue weighted by atomic mass is 10.1. The highest BCUT2D eigenvalue weighted by Crippen LogP contribution is 2.33. The lowest BCUT2D eigenvalue weighted by Gasteiger charge is -2.02. The lowest BCUT2D eigenvalue weighted by Crippen LogP contribution is -1.85. The van der Waals surface area contributed by atoms with Crippen molar-refractivity contribution < 1.29 is 5.11 Å². The molecule has 0 atom stereocenters. The van der Waals surface area contributed by atoms with Crippen LogP contribution in [0.15, 0.2) is 77.1 Å². The average Bonchev–Trinajstić information content (AvgIpc) is 3.08. The van der Waals surface area contributed by atoms with Crippen LogP contribution in [-0.2, 0) is 6.42 Å². The molecule has 0 bridgehead atoms. The second kappa shape index (κ2) is 7.03. The number of benzene rings is 2. The van der Waals surface area contributed by atoms with Gasteiger partial charge < -0.3 is 5.11 Å². The maximum Gasteiger partial charge on any atom is 0.187 e. The molecule has 0 amide bonds. The number of hydrogen-bond acceptors (Lipinski definition) is 4. The van der Waals surface area contributed by atoms with Crippen LogP contribution in [0.1, 0.15) is 18.1 Å². The Bertz CT molecular complexity index is 1110. The standard InChI is InChI=1S/C22H20N4O/c1-3-16-6-8-17(9-7-16)20-22(25-24-18-10-12-19(27)13-11-18)26-14-4-5-15(2)21(26)23-20/h4-14,27H,3H2,1-2H3. The molecule has 0 fully saturated rings. The van der Waals surface area contributed by atoms with Crippen LogP contribution in [0.4, 0.5) is 11.5 Å². The number of aromatic nitrogens is 2. The lowest BCUT2D eigenvalue weighted by molar-refractivity contribution is 0.475. The van der Waals surface area contributed by atoms with Crippen LogP contribution in [-0.4, -0.2) is 14.5 Å². The van der Waals surface area contributed by atoms with Crippen molar-refractivity contribution >= 4 is 17.2 Å². The fourth-order valence-electron chi connectivity index (χ4n) is 3.00. The molecule has 0 radical (unpaired) electrons. The highest BCUT2D eigenvalue weighted by Gasteiger charge is 2.15. The highest BCUT2D eigenvalue weighted by atomic mass is 16.3. The zero-order valence-corrected chi connectivity index (χ0v) is 15.3. The summed E-state index contributed by atoms with van der Waals surface area (Å²) in [5.41, 5.74) is 5.71. The smallest absolute Gasteiger partial charge is 0.187 e. The van der Waals surface area contributed by atoms with Crippen LogP contribution >= 0.6 is 0 Å². The fourth-order valence-corrected chi connectivity index (χ4v) is 3.00. The first-order valence-electron chi connectivity index (χ1n) is 8.93. The maximum atomic E-state index is 9.43. The number of aromatic hydroxyl groups is 1. The molecule has 4 aromatic rings. The maximum absolute atomic E-state index is 9.43. The molecule has 5 nitrogen and oxygen atoms in total. The first-order chi connectivity index (χ1) is 13.2. The molecular weight excluding hydrogens is 336 g/mol. The molecule has 4 rings (SSSR count). The number of rotatable bonds is 4. The Balaban J connectivity index is 1.85. The quantitative estimate of drug-likeness (QED) is 0.456. The summed E-state index contributed by atoms with van der Waals surface area (Å²) < 4.78 is 1.96. The normalized spacial score (nSPS) is 11.5. The summed E-state index contributed by atoms with van der Waals surface area (Å²) in [5.74, 6) is 0.891. The number of nitrogens with zero attached hydrogens (tertiary/aromatic N) is 4. The van der Waals surface area contributed by atoms with E-state index in [4.69, 9.17) is 4.98 Å². The molecule has 1 N–H and O–H groups in total. The van der Waals surface area contributed by atoms with Crippen molar-refractivity contribution in [3.8, 4) is 17.0 Å². The van der Waals surface area contributed by atoms with E-state index in [1.165, 1.54) is 5.56 Å². The van der Waals surface area contributed by atoms with E-state index in [2.05, 4.69) is 41.4 Å². The Morgan fingerprint density at radius 3 is 2.41 bits per heavy atom. The SMILES string of the molecule is CCc1ccc(-c2nc3c(C)cccn3c2N=Nc2ccc(O)cc2)cc1. The molecule has 0 saturated heterocycles. The number of imidazole rings is 1. The zero-order valence-electron chi connectivity index (χ0n) is 15.3. The number of pyridine rings is 1. The van der Waals surface area contributed by atoms with Crippen LogP contribution < -0.4 is 0 Å². The van der Waals surface area contributed by atoms with E-state index < -0.39 is 0 Å². The number of aryl methyl sites for hydroxylation is 2. The average molecular weight is 356 g/mol. The van der Waals surface area contributed by atoms with E-state index in [1.807, 2.05) is 29.7 Å². The molecule has 27 heavy (non-hydrogen) atoms. The van der Waals surface area contributed by atoms with Crippen LogP contribution in [0.25, 0.3) is 16.9 Å². The van der Waals surface area contributed by atoms with Crippen LogP contribution in [0.2, 0.25) is 0 Å². The minimum Gasteiger partial charge on any atom is -0.508 e. The third kappa shape index (κ3) is 3.31. The van der Waals surface area contributed by atoms with Crippen molar-refractivity contribution in [3.63, 3.8) is 0 Å². The van der Waals surface area contributed by atoms with Crippen molar-refractivity contribution in [2.75, 3.05) is 0 Å². The first-order valence-corrected chi connectivity index (χ1v) is 8.93. The summed E-state index contributed by atoms with van der Waals surface area (Å²) in [6.07, 6.45) is 2.95. The van der Waals surface area contributed by atoms with Gasteiger partial charge in [-0.25, -0.2) is 4.98 Å². The van der Waals surface area contributed by atoms with Crippen LogP contribution in [0, 0.1) is 6.92 Å². The predicted octanol–water partition coefficient (Wildman–Crippen LogP) is 5.99. The third-order valence-electron chi connectivity index (χ3n) is 4.57. The summed E-state index contributed by atoms with van der Waals surface area (Å²) in [6.45, 7) is 4.17. The summed E-state index contributed by atoms with van der Waals surface area (Å²) in [6, 6.07) is 19.0. The van der Waals surface area contributed by atoms with E-state index in [0.717, 1.165) is 28.9 Å². The molecular formula is C22H20N4O. The van der Waals surface area contributed by atoms with Gasteiger partial charge in [0.15, 0.2) is 5.82 Å². The fraction of sp³-hybridized carbons (Fsp3) is 0.136. The molecule has 2 heterocycles. The van der Waals surface area contributed by atoms with Gasteiger partial charge in [-0.2, -0.15) is 0 Å². The van der Waals surface area contributed by atoms with Crippen molar-refractivity contribution in [1.29, 1.82) is 0 Å². The molecule has 5 heteroatoms. The van der Waals surface area contributed by atoms with Crippen molar-refractivity contribution in [3.05, 3.63) is 78.0 Å². The Morgan fingerprint density at radius 1 is 0.963 bits per heavy atom. The minimum atomic E-state index is 0.205. The highest BCUT2D eigenvalue weighted by molar-refractivity contribution is 5.75. The van der Waals surface area contributed by atoms with Crippen molar-refractivity contribution in [2.24, 2.45) is 10.2 Å². The molecule has 0 aliphatic heterocycles. The number of hydrogen-bond donors (Lipinski definition) is 1. The van der Waals surface area contributed by atoms with Gasteiger partial charge >= 0.3 is 0 Å². The second-order valence-corrected chi connectivity index (χ2v) is 6.44. The number of phenols is 1. The van der Waals surface area contributed by atoms with E-state index >= 15 is 0 Å². The molecule has 2 aromatic carbocycles. The first kappa shape index (κ1) is 17.0. The summed E-state index contributed by atoms with van der Waals surface area (Å²) in [7, 11) is 0. The van der Waals surface area contributed by atoms with E-state index in [9.17, 15) is 5.11 Å². The van der Waals surface area contributed by atoms with Crippen molar-refractivity contribution in [2.45, 2.75) is 20.3 Å². The second-order valence-electron chi connectivity index (χ2n) is 6.44. The van der Waals surface area contributed by atoms with Crippen LogP contribution in [0.3, 0.4) is 0 Å². The number of phenolic OH excluding ortho intramolecular Hbond substituents is 1. The molecule has 0 spiro atoms. The van der Waals surface area contributed by atoms with Gasteiger partial charge in [0, 0.05) is 11.8 Å². The van der Waals surface area contributed by atoms with Gasteiger partial charge in [0.05, 0.1) is 5.69 Å². The van der Waals surface area contributed by atoms with E-state index in [0.29, 0.717) is 11.5 Å². The van der Waals surface area contributed by atoms with Gasteiger partial charge in [-0.1, -0.05) is 37.3 Å². The Labute approximate surface area is 157 Å². The Morgan fingerprint density at radius 2 is 1.70 bits per heavy atom. The molecule has 0 aliphatic rings. The number of fused-ring (bicyclic) bond motifs is 1. The molecule has 2 aromatic heterocycles. The van der Waals surface area contributed by atoms with Crippen LogP contribution in [0.5, 0.6) is 5.75 Å². The van der Waals surface area contributed by atoms with Gasteiger partial charge in [-0.15, -0.1) is 10.2 Å². The van der Waals surface area contributed by atoms with Crippen molar-refractivity contribution in [1.82, 2.24) is 9.38 Å². The van der Waals surface area contributed by atoms with Gasteiger partial charge in [0.1, 0.15) is 17.1 Å².